The van der Waals surface area contributed by atoms with Crippen molar-refractivity contribution in [3.63, 3.8) is 0 Å². The number of anilines is 2. The summed E-state index contributed by atoms with van der Waals surface area (Å²) in [4.78, 5) is 49.1. The van der Waals surface area contributed by atoms with Gasteiger partial charge < -0.3 is 30.3 Å². The Morgan fingerprint density at radius 1 is 1.00 bits per heavy atom. The van der Waals surface area contributed by atoms with Gasteiger partial charge in [0.25, 0.3) is 0 Å². The molecule has 2 atom stereocenters. The maximum atomic E-state index is 13.8. The van der Waals surface area contributed by atoms with Crippen LogP contribution in [-0.2, 0) is 16.1 Å². The molecule has 0 saturated carbocycles. The van der Waals surface area contributed by atoms with Crippen molar-refractivity contribution in [2.45, 2.75) is 32.4 Å². The van der Waals surface area contributed by atoms with Gasteiger partial charge in [-0.25, -0.2) is 4.79 Å². The number of fused-ring (bicyclic) bond motifs is 1. The lowest BCUT2D eigenvalue weighted by molar-refractivity contribution is -0.120. The molecule has 42 heavy (non-hydrogen) atoms. The van der Waals surface area contributed by atoms with E-state index in [1.807, 2.05) is 107 Å². The van der Waals surface area contributed by atoms with Crippen molar-refractivity contribution in [3.8, 4) is 0 Å². The van der Waals surface area contributed by atoms with Crippen LogP contribution in [-0.4, -0.2) is 72.4 Å². The van der Waals surface area contributed by atoms with Crippen LogP contribution in [0, 0.1) is 6.92 Å². The van der Waals surface area contributed by atoms with Crippen LogP contribution in [0.1, 0.15) is 29.5 Å². The van der Waals surface area contributed by atoms with Crippen LogP contribution in [0.25, 0.3) is 10.9 Å². The number of para-hydroxylation sites is 2. The number of amides is 4. The maximum absolute atomic E-state index is 13.8. The highest BCUT2D eigenvalue weighted by atomic mass is 16.2. The molecule has 0 spiro atoms. The number of aromatic amines is 1. The monoisotopic (exact) mass is 566 g/mol. The van der Waals surface area contributed by atoms with E-state index in [1.54, 1.807) is 4.90 Å². The smallest absolute Gasteiger partial charge is 0.318 e. The van der Waals surface area contributed by atoms with Crippen LogP contribution in [0.2, 0.25) is 0 Å². The van der Waals surface area contributed by atoms with Crippen molar-refractivity contribution in [3.05, 3.63) is 95.7 Å². The van der Waals surface area contributed by atoms with Gasteiger partial charge in [0.15, 0.2) is 0 Å². The molecule has 0 bridgehead atoms. The number of carbonyl (C=O) groups excluding carboxylic acids is 3. The predicted molar refractivity (Wildman–Crippen MR) is 167 cm³/mol. The first kappa shape index (κ1) is 28.9. The van der Waals surface area contributed by atoms with Crippen molar-refractivity contribution in [2.75, 3.05) is 43.9 Å². The molecule has 1 aliphatic heterocycles. The first-order valence-electron chi connectivity index (χ1n) is 14.2. The maximum Gasteiger partial charge on any atom is 0.318 e. The third-order valence-corrected chi connectivity index (χ3v) is 7.78. The Kier molecular flexibility index (Phi) is 8.59. The SMILES string of the molecule is Cc1ccccc1N1CCN(C(=O)N[C@@H](C(=O)Nc2cccc(CN(C)C)c2)[C@@H](C)c2c[nH]c3ccccc23)CC1=O. The molecule has 5 rings (SSSR count). The van der Waals surface area contributed by atoms with Gasteiger partial charge in [0, 0.05) is 54.0 Å². The molecule has 0 aliphatic carbocycles. The molecule has 4 amide bonds. The van der Waals surface area contributed by atoms with E-state index in [9.17, 15) is 14.4 Å². The first-order chi connectivity index (χ1) is 20.2. The molecule has 4 aromatic rings. The normalized spacial score (nSPS) is 15.1. The number of nitrogens with one attached hydrogen (secondary N) is 3. The summed E-state index contributed by atoms with van der Waals surface area (Å²) < 4.78 is 0. The summed E-state index contributed by atoms with van der Waals surface area (Å²) >= 11 is 0. The van der Waals surface area contributed by atoms with Crippen LogP contribution in [0.15, 0.2) is 79.0 Å². The number of aromatic nitrogens is 1. The zero-order valence-electron chi connectivity index (χ0n) is 24.6. The number of urea groups is 1. The summed E-state index contributed by atoms with van der Waals surface area (Å²) in [5, 5.41) is 6.99. The van der Waals surface area contributed by atoms with E-state index < -0.39 is 12.1 Å². The summed E-state index contributed by atoms with van der Waals surface area (Å²) in [7, 11) is 3.98. The molecule has 218 valence electrons. The molecule has 0 radical (unpaired) electrons. The van der Waals surface area contributed by atoms with Crippen molar-refractivity contribution >= 4 is 40.1 Å². The molecule has 2 heterocycles. The van der Waals surface area contributed by atoms with Gasteiger partial charge in [0.1, 0.15) is 12.6 Å². The second kappa shape index (κ2) is 12.5. The van der Waals surface area contributed by atoms with Crippen LogP contribution < -0.4 is 15.5 Å². The minimum atomic E-state index is -0.890. The molecule has 1 fully saturated rings. The van der Waals surface area contributed by atoms with Crippen LogP contribution in [0.5, 0.6) is 0 Å². The second-order valence-corrected chi connectivity index (χ2v) is 11.2. The Bertz CT molecular complexity index is 1600. The van der Waals surface area contributed by atoms with E-state index in [-0.39, 0.29) is 24.3 Å². The van der Waals surface area contributed by atoms with Gasteiger partial charge in [-0.3, -0.25) is 9.59 Å². The van der Waals surface area contributed by atoms with Gasteiger partial charge in [0.2, 0.25) is 11.8 Å². The quantitative estimate of drug-likeness (QED) is 0.288. The topological polar surface area (TPSA) is 101 Å². The molecule has 1 saturated heterocycles. The van der Waals surface area contributed by atoms with Crippen LogP contribution in [0.4, 0.5) is 16.2 Å². The summed E-state index contributed by atoms with van der Waals surface area (Å²) in [6, 6.07) is 22.0. The zero-order chi connectivity index (χ0) is 29.8. The lowest BCUT2D eigenvalue weighted by Gasteiger charge is -2.36. The Morgan fingerprint density at radius 3 is 2.52 bits per heavy atom. The van der Waals surface area contributed by atoms with E-state index in [2.05, 4.69) is 20.5 Å². The predicted octanol–water partition coefficient (Wildman–Crippen LogP) is 4.71. The fourth-order valence-electron chi connectivity index (χ4n) is 5.59. The minimum Gasteiger partial charge on any atom is -0.361 e. The van der Waals surface area contributed by atoms with Gasteiger partial charge in [-0.1, -0.05) is 55.5 Å². The Morgan fingerprint density at radius 2 is 1.76 bits per heavy atom. The number of benzene rings is 3. The third-order valence-electron chi connectivity index (χ3n) is 7.78. The molecular weight excluding hydrogens is 528 g/mol. The molecule has 3 N–H and O–H groups in total. The summed E-state index contributed by atoms with van der Waals surface area (Å²) in [6.45, 7) is 5.30. The number of hydrogen-bond donors (Lipinski definition) is 3. The highest BCUT2D eigenvalue weighted by Gasteiger charge is 2.34. The van der Waals surface area contributed by atoms with Crippen molar-refractivity contribution in [1.29, 1.82) is 0 Å². The molecule has 3 aromatic carbocycles. The molecule has 9 nitrogen and oxygen atoms in total. The number of carbonyl (C=O) groups is 3. The number of H-pyrrole nitrogens is 1. The lowest BCUT2D eigenvalue weighted by Crippen LogP contribution is -2.58. The number of aryl methyl sites for hydroxylation is 1. The number of nitrogens with zero attached hydrogens (tertiary/aromatic N) is 3. The van der Waals surface area contributed by atoms with Gasteiger partial charge in [0.05, 0.1) is 0 Å². The Labute approximate surface area is 246 Å². The van der Waals surface area contributed by atoms with E-state index in [0.29, 0.717) is 18.8 Å². The van der Waals surface area contributed by atoms with Gasteiger partial charge >= 0.3 is 6.03 Å². The Balaban J connectivity index is 1.36. The fourth-order valence-corrected chi connectivity index (χ4v) is 5.59. The van der Waals surface area contributed by atoms with Crippen molar-refractivity contribution in [2.24, 2.45) is 0 Å². The van der Waals surface area contributed by atoms with Crippen molar-refractivity contribution in [1.82, 2.24) is 20.1 Å². The third kappa shape index (κ3) is 6.31. The number of hydrogen-bond acceptors (Lipinski definition) is 4. The molecular formula is C33H38N6O3. The van der Waals surface area contributed by atoms with E-state index >= 15 is 0 Å². The highest BCUT2D eigenvalue weighted by molar-refractivity contribution is 6.01. The summed E-state index contributed by atoms with van der Waals surface area (Å²) in [5.41, 5.74) is 5.46. The minimum absolute atomic E-state index is 0.0669. The second-order valence-electron chi connectivity index (χ2n) is 11.2. The number of piperazine rings is 1. The van der Waals surface area contributed by atoms with Crippen LogP contribution in [0.3, 0.4) is 0 Å². The lowest BCUT2D eigenvalue weighted by atomic mass is 9.92. The van der Waals surface area contributed by atoms with E-state index in [1.165, 1.54) is 4.90 Å². The van der Waals surface area contributed by atoms with E-state index in [4.69, 9.17) is 0 Å². The largest absolute Gasteiger partial charge is 0.361 e. The average molecular weight is 567 g/mol. The van der Waals surface area contributed by atoms with Gasteiger partial charge in [-0.15, -0.1) is 0 Å². The molecule has 1 aromatic heterocycles. The molecule has 0 unspecified atom stereocenters. The average Bonchev–Trinajstić information content (AvgIpc) is 3.40. The summed E-state index contributed by atoms with van der Waals surface area (Å²) in [5.74, 6) is -0.846. The highest BCUT2D eigenvalue weighted by Crippen LogP contribution is 2.29. The van der Waals surface area contributed by atoms with Crippen molar-refractivity contribution < 1.29 is 14.4 Å². The fraction of sp³-hybridized carbons (Fsp3) is 0.303. The summed E-state index contributed by atoms with van der Waals surface area (Å²) in [6.07, 6.45) is 1.89. The Hall–Kier alpha value is -4.63. The first-order valence-corrected chi connectivity index (χ1v) is 14.2. The number of rotatable bonds is 8. The van der Waals surface area contributed by atoms with Crippen LogP contribution >= 0.6 is 0 Å². The van der Waals surface area contributed by atoms with Gasteiger partial charge in [-0.2, -0.15) is 0 Å². The standard InChI is InChI=1S/C33H38N6O3/c1-22-10-5-8-15-29(22)39-17-16-38(21-30(39)40)33(42)36-31(23(2)27-19-34-28-14-7-6-13-26(27)28)32(41)35-25-12-9-11-24(18-25)20-37(3)4/h5-15,18-19,23,31,34H,16-17,20-21H2,1-4H3,(H,35,41)(H,36,42)/t23-,31+/m0/s1. The molecule has 1 aliphatic rings. The van der Waals surface area contributed by atoms with Gasteiger partial charge in [-0.05, 0) is 62.0 Å². The zero-order valence-corrected chi connectivity index (χ0v) is 24.6. The molecule has 9 heteroatoms. The van der Waals surface area contributed by atoms with E-state index in [0.717, 1.165) is 39.8 Å².